The number of benzene rings is 9. The number of ether oxygens (including phenoxy) is 12. The van der Waals surface area contributed by atoms with Gasteiger partial charge >= 0.3 is 0 Å². The van der Waals surface area contributed by atoms with Crippen LogP contribution in [0.5, 0.6) is 34.5 Å². The first-order chi connectivity index (χ1) is 55.9. The maximum Gasteiger partial charge on any atom is 0.180 e. The van der Waals surface area contributed by atoms with Gasteiger partial charge < -0.3 is 56.8 Å². The molecule has 0 saturated carbocycles. The van der Waals surface area contributed by atoms with Gasteiger partial charge in [-0.2, -0.15) is 0 Å². The van der Waals surface area contributed by atoms with Crippen molar-refractivity contribution in [3.05, 3.63) is 282 Å². The minimum Gasteiger partial charge on any atom is -0.492 e. The lowest BCUT2D eigenvalue weighted by molar-refractivity contribution is 0.0329. The molecular formula is C102H102O12. The van der Waals surface area contributed by atoms with Crippen LogP contribution < -0.4 is 28.4 Å². The van der Waals surface area contributed by atoms with Gasteiger partial charge in [0.2, 0.25) is 0 Å². The topological polar surface area (TPSA) is 111 Å². The zero-order chi connectivity index (χ0) is 79.8. The molecule has 12 nitrogen and oxygen atoms in total. The van der Waals surface area contributed by atoms with Gasteiger partial charge in [0.15, 0.2) is 33.6 Å². The van der Waals surface area contributed by atoms with E-state index in [1.54, 1.807) is 42.7 Å². The normalized spacial score (nSPS) is 20.1. The first-order valence-corrected chi connectivity index (χ1v) is 40.3. The highest BCUT2D eigenvalue weighted by Crippen LogP contribution is 2.55. The second-order valence-corrected chi connectivity index (χ2v) is 28.8. The van der Waals surface area contributed by atoms with Crippen LogP contribution in [0.15, 0.2) is 182 Å². The molecule has 13 aliphatic carbocycles. The number of unbranched alkanes of at least 4 members (excludes halogenated alkanes) is 6. The maximum absolute atomic E-state index is 6.93. The van der Waals surface area contributed by atoms with Crippen molar-refractivity contribution < 1.29 is 56.8 Å². The second-order valence-electron chi connectivity index (χ2n) is 28.8. The number of methoxy groups -OCH3 is 6. The third kappa shape index (κ3) is 15.0. The van der Waals surface area contributed by atoms with E-state index in [2.05, 4.69) is 113 Å². The number of rotatable bonds is 30. The van der Waals surface area contributed by atoms with Gasteiger partial charge in [0.25, 0.3) is 0 Å². The predicted octanol–water partition coefficient (Wildman–Crippen LogP) is 19.7. The van der Waals surface area contributed by atoms with Gasteiger partial charge in [0.1, 0.15) is 34.5 Å². The van der Waals surface area contributed by atoms with Crippen LogP contribution in [0.25, 0.3) is 0 Å². The van der Waals surface area contributed by atoms with E-state index in [1.165, 1.54) is 0 Å². The summed E-state index contributed by atoms with van der Waals surface area (Å²) in [6.45, 7) is 15.4. The van der Waals surface area contributed by atoms with Gasteiger partial charge in [-0.3, -0.25) is 0 Å². The molecule has 114 heavy (non-hydrogen) atoms. The van der Waals surface area contributed by atoms with Crippen LogP contribution >= 0.6 is 0 Å². The standard InChI is InChI=1S/C102H102O12/c1-13-19-61-109-91-67-74-50-56-98(104-8)83-41-29-31-43-85(83)100(106-10,86-44-32-30-42-84(86)98)58-52-76-70-96(114-66-24-18-6)78(72-95(76)113-65-23-17-5)54-60-102(108-12)89-47-35-33-45-87(89)101(107-11,88-46-34-36-48-90(88)102)59-53-77-71-93(111-63-21-15-3)75(69-94(77)112-64-22-16-4)51-57-99(105-9)81-39-27-25-37-79(81)97(103-7,80-38-26-28-40-82(80)99)55-49-73(91)68-92(74)110-62-20-14-2/h25-48,67-72H,13-24,61-66H2,1-12H3. The summed E-state index contributed by atoms with van der Waals surface area (Å²) >= 11 is 0. The van der Waals surface area contributed by atoms with Gasteiger partial charge in [0.05, 0.1) is 73.0 Å². The van der Waals surface area contributed by atoms with E-state index < -0.39 is 33.6 Å². The van der Waals surface area contributed by atoms with Crippen LogP contribution in [-0.4, -0.2) is 82.3 Å². The molecule has 9 aromatic carbocycles. The van der Waals surface area contributed by atoms with Gasteiger partial charge in [-0.25, -0.2) is 0 Å². The summed E-state index contributed by atoms with van der Waals surface area (Å²) < 4.78 is 82.7. The molecule has 0 amide bonds. The molecule has 13 aliphatic rings. The Morgan fingerprint density at radius 3 is 0.430 bits per heavy atom. The fourth-order valence-electron chi connectivity index (χ4n) is 15.8. The molecular weight excluding hydrogens is 1420 g/mol. The Bertz CT molecular complexity index is 4400. The van der Waals surface area contributed by atoms with Gasteiger partial charge in [-0.15, -0.1) is 0 Å². The van der Waals surface area contributed by atoms with Crippen LogP contribution in [0.1, 0.15) is 219 Å². The van der Waals surface area contributed by atoms with E-state index in [0.717, 1.165) is 144 Å². The summed E-state index contributed by atoms with van der Waals surface area (Å²) in [4.78, 5) is 0. The van der Waals surface area contributed by atoms with Gasteiger partial charge in [-0.1, -0.05) is 297 Å². The summed E-state index contributed by atoms with van der Waals surface area (Å²) in [6, 6.07) is 60.3. The summed E-state index contributed by atoms with van der Waals surface area (Å²) in [5, 5.41) is 0. The van der Waals surface area contributed by atoms with Crippen molar-refractivity contribution >= 4 is 0 Å². The fourth-order valence-corrected chi connectivity index (χ4v) is 15.8. The zero-order valence-corrected chi connectivity index (χ0v) is 67.9. The molecule has 22 rings (SSSR count). The lowest BCUT2D eigenvalue weighted by atomic mass is 9.67. The summed E-state index contributed by atoms with van der Waals surface area (Å²) in [7, 11) is 10.2. The van der Waals surface area contributed by atoms with Crippen molar-refractivity contribution in [3.63, 3.8) is 0 Å². The quantitative estimate of drug-likeness (QED) is 0.0316. The highest BCUT2D eigenvalue weighted by Gasteiger charge is 2.54. The molecule has 0 radical (unpaired) electrons. The van der Waals surface area contributed by atoms with Crippen molar-refractivity contribution in [3.8, 4) is 106 Å². The van der Waals surface area contributed by atoms with E-state index in [1.807, 2.05) is 182 Å². The van der Waals surface area contributed by atoms with E-state index in [4.69, 9.17) is 56.8 Å². The van der Waals surface area contributed by atoms with Crippen LogP contribution in [-0.2, 0) is 62.0 Å². The fraction of sp³-hybridized carbons (Fsp3) is 0.353. The smallest absolute Gasteiger partial charge is 0.180 e. The average Bonchev–Trinajstić information content (AvgIpc) is 0.714. The molecule has 0 atom stereocenters. The van der Waals surface area contributed by atoms with Crippen molar-refractivity contribution in [2.45, 2.75) is 152 Å². The molecule has 0 heterocycles. The molecule has 582 valence electrons. The average molecular weight is 1520 g/mol. The Morgan fingerprint density at radius 2 is 0.325 bits per heavy atom. The number of hydrogen-bond acceptors (Lipinski definition) is 12. The van der Waals surface area contributed by atoms with Crippen molar-refractivity contribution in [2.75, 3.05) is 82.3 Å². The molecule has 0 saturated heterocycles. The first-order valence-electron chi connectivity index (χ1n) is 40.3. The third-order valence-corrected chi connectivity index (χ3v) is 22.0. The molecule has 0 fully saturated rings. The summed E-state index contributed by atoms with van der Waals surface area (Å²) in [5.41, 5.74) is 4.20. The van der Waals surface area contributed by atoms with E-state index in [9.17, 15) is 0 Å². The molecule has 0 spiro atoms. The molecule has 0 unspecified atom stereocenters. The lowest BCUT2D eigenvalue weighted by Crippen LogP contribution is -2.43. The SMILES string of the molecule is CCCCOc1cc2c(OCCCC)cc1C#CC1(OC)c3ccccc3C(OC)(C#Cc3cc(OCCCC)c(cc3OCCCC)C#CC3(OC)c4ccccc4C(OC)(C#Cc4cc(OCCCC)c(cc4OCCCC)C#CC4(OC)c5ccccc5C(OC)(C#C2)c2ccccc24)c2ccccc23)c2ccccc21. The summed E-state index contributed by atoms with van der Waals surface area (Å²) in [5.74, 6) is 47.6. The first kappa shape index (κ1) is 80.9. The van der Waals surface area contributed by atoms with Crippen LogP contribution in [0, 0.1) is 71.0 Å². The van der Waals surface area contributed by atoms with Crippen LogP contribution in [0.3, 0.4) is 0 Å². The maximum atomic E-state index is 6.93. The van der Waals surface area contributed by atoms with Crippen LogP contribution in [0.2, 0.25) is 0 Å². The lowest BCUT2D eigenvalue weighted by Gasteiger charge is -2.43. The minimum absolute atomic E-state index is 0.423. The Labute approximate surface area is 675 Å². The molecule has 0 N–H and O–H groups in total. The Kier molecular flexibility index (Phi) is 25.8. The van der Waals surface area contributed by atoms with Gasteiger partial charge in [0, 0.05) is 146 Å². The van der Waals surface area contributed by atoms with E-state index in [-0.39, 0.29) is 0 Å². The van der Waals surface area contributed by atoms with Crippen molar-refractivity contribution in [1.82, 2.24) is 0 Å². The second kappa shape index (κ2) is 36.4. The van der Waals surface area contributed by atoms with Crippen molar-refractivity contribution in [2.24, 2.45) is 0 Å². The molecule has 0 aromatic heterocycles. The highest BCUT2D eigenvalue weighted by molar-refractivity contribution is 5.73. The third-order valence-electron chi connectivity index (χ3n) is 22.0. The monoisotopic (exact) mass is 1520 g/mol. The van der Waals surface area contributed by atoms with Crippen molar-refractivity contribution in [1.29, 1.82) is 0 Å². The Balaban J connectivity index is 1.12. The Morgan fingerprint density at radius 1 is 0.202 bits per heavy atom. The molecule has 9 aromatic rings. The largest absolute Gasteiger partial charge is 0.492 e. The molecule has 0 aliphatic heterocycles. The molecule has 12 bridgehead atoms. The zero-order valence-electron chi connectivity index (χ0n) is 67.9. The van der Waals surface area contributed by atoms with Gasteiger partial charge in [-0.05, 0) is 38.5 Å². The highest BCUT2D eigenvalue weighted by atomic mass is 16.5. The minimum atomic E-state index is -1.38. The molecule has 12 heteroatoms. The Hall–Kier alpha value is -11.1. The van der Waals surface area contributed by atoms with Crippen LogP contribution in [0.4, 0.5) is 0 Å². The summed E-state index contributed by atoms with van der Waals surface area (Å²) in [6.07, 6.45) is 10.2. The number of hydrogen-bond donors (Lipinski definition) is 0. The predicted molar refractivity (Wildman–Crippen MR) is 448 cm³/mol. The van der Waals surface area contributed by atoms with E-state index >= 15 is 0 Å². The van der Waals surface area contributed by atoms with E-state index in [0.29, 0.717) is 108 Å².